The Labute approximate surface area is 109 Å². The van der Waals surface area contributed by atoms with Crippen molar-refractivity contribution in [2.24, 2.45) is 0 Å². The molecule has 3 rings (SSSR count). The van der Waals surface area contributed by atoms with Gasteiger partial charge < -0.3 is 5.11 Å². The first-order valence-corrected chi connectivity index (χ1v) is 5.82. The minimum Gasteiger partial charge on any atom is -0.507 e. The maximum atomic E-state index is 9.84. The summed E-state index contributed by atoms with van der Waals surface area (Å²) >= 11 is 5.93. The highest BCUT2D eigenvalue weighted by molar-refractivity contribution is 6.30. The number of fused-ring (bicyclic) bond motifs is 1. The van der Waals surface area contributed by atoms with Crippen molar-refractivity contribution >= 4 is 22.6 Å². The van der Waals surface area contributed by atoms with E-state index in [1.165, 1.54) is 0 Å². The lowest BCUT2D eigenvalue weighted by atomic mass is 10.1. The van der Waals surface area contributed by atoms with E-state index < -0.39 is 0 Å². The molecule has 0 saturated heterocycles. The Bertz CT molecular complexity index is 728. The molecule has 2 heterocycles. The van der Waals surface area contributed by atoms with Crippen LogP contribution in [0.4, 0.5) is 0 Å². The largest absolute Gasteiger partial charge is 0.507 e. The standard InChI is InChI=1S/C14H9ClN2O/c15-10-4-6-13(18)11(8-10)12-5-3-9-2-1-7-16-14(9)17-12/h1-8,18H. The monoisotopic (exact) mass is 256 g/mol. The number of pyridine rings is 2. The van der Waals surface area contributed by atoms with Crippen LogP contribution in [0.3, 0.4) is 0 Å². The first-order chi connectivity index (χ1) is 8.74. The fourth-order valence-electron chi connectivity index (χ4n) is 1.82. The molecule has 2 aromatic heterocycles. The molecule has 0 spiro atoms. The normalized spacial score (nSPS) is 10.7. The number of aromatic nitrogens is 2. The third-order valence-corrected chi connectivity index (χ3v) is 2.93. The van der Waals surface area contributed by atoms with Gasteiger partial charge in [0.25, 0.3) is 0 Å². The van der Waals surface area contributed by atoms with Gasteiger partial charge >= 0.3 is 0 Å². The molecule has 88 valence electrons. The molecule has 4 heteroatoms. The van der Waals surface area contributed by atoms with Crippen LogP contribution in [0.2, 0.25) is 5.02 Å². The summed E-state index contributed by atoms with van der Waals surface area (Å²) in [6, 6.07) is 12.5. The number of hydrogen-bond acceptors (Lipinski definition) is 3. The van der Waals surface area contributed by atoms with E-state index in [4.69, 9.17) is 11.6 Å². The zero-order chi connectivity index (χ0) is 12.5. The summed E-state index contributed by atoms with van der Waals surface area (Å²) in [5.41, 5.74) is 1.91. The summed E-state index contributed by atoms with van der Waals surface area (Å²) in [5, 5.41) is 11.4. The number of halogens is 1. The molecule has 18 heavy (non-hydrogen) atoms. The van der Waals surface area contributed by atoms with E-state index in [1.54, 1.807) is 24.4 Å². The Morgan fingerprint density at radius 1 is 1.06 bits per heavy atom. The van der Waals surface area contributed by atoms with Gasteiger partial charge in [-0.05, 0) is 42.5 Å². The summed E-state index contributed by atoms with van der Waals surface area (Å²) in [5.74, 6) is 0.155. The van der Waals surface area contributed by atoms with Gasteiger partial charge in [-0.25, -0.2) is 9.97 Å². The molecule has 0 aliphatic carbocycles. The number of aromatic hydroxyl groups is 1. The van der Waals surface area contributed by atoms with E-state index in [9.17, 15) is 5.11 Å². The average molecular weight is 257 g/mol. The summed E-state index contributed by atoms with van der Waals surface area (Å²) in [6.07, 6.45) is 1.69. The maximum Gasteiger partial charge on any atom is 0.159 e. The molecule has 0 bridgehead atoms. The molecule has 1 aromatic carbocycles. The van der Waals surface area contributed by atoms with Crippen LogP contribution < -0.4 is 0 Å². The second-order valence-electron chi connectivity index (χ2n) is 3.91. The number of benzene rings is 1. The number of phenolic OH excluding ortho intramolecular Hbond substituents is 1. The van der Waals surface area contributed by atoms with Crippen LogP contribution in [0.25, 0.3) is 22.3 Å². The van der Waals surface area contributed by atoms with Gasteiger partial charge in [0.05, 0.1) is 5.69 Å². The van der Waals surface area contributed by atoms with Gasteiger partial charge in [-0.1, -0.05) is 11.6 Å². The molecule has 3 aromatic rings. The van der Waals surface area contributed by atoms with Crippen LogP contribution in [0, 0.1) is 0 Å². The van der Waals surface area contributed by atoms with E-state index in [2.05, 4.69) is 9.97 Å². The molecule has 0 radical (unpaired) electrons. The SMILES string of the molecule is Oc1ccc(Cl)cc1-c1ccc2cccnc2n1. The van der Waals surface area contributed by atoms with Crippen LogP contribution in [0.15, 0.2) is 48.7 Å². The van der Waals surface area contributed by atoms with E-state index in [-0.39, 0.29) is 5.75 Å². The first-order valence-electron chi connectivity index (χ1n) is 5.45. The highest BCUT2D eigenvalue weighted by atomic mass is 35.5. The lowest BCUT2D eigenvalue weighted by molar-refractivity contribution is 0.477. The van der Waals surface area contributed by atoms with Crippen LogP contribution in [0.1, 0.15) is 0 Å². The van der Waals surface area contributed by atoms with Crippen molar-refractivity contribution in [1.29, 1.82) is 0 Å². The molecule has 0 aliphatic heterocycles. The Morgan fingerprint density at radius 2 is 1.94 bits per heavy atom. The first kappa shape index (κ1) is 11.0. The van der Waals surface area contributed by atoms with E-state index >= 15 is 0 Å². The third-order valence-electron chi connectivity index (χ3n) is 2.70. The summed E-state index contributed by atoms with van der Waals surface area (Å²) in [4.78, 5) is 8.61. The predicted molar refractivity (Wildman–Crippen MR) is 71.6 cm³/mol. The van der Waals surface area contributed by atoms with Crippen molar-refractivity contribution in [3.8, 4) is 17.0 Å². The smallest absolute Gasteiger partial charge is 0.159 e. The Balaban J connectivity index is 2.22. The topological polar surface area (TPSA) is 46.0 Å². The van der Waals surface area contributed by atoms with Gasteiger partial charge in [-0.15, -0.1) is 0 Å². The second-order valence-corrected chi connectivity index (χ2v) is 4.34. The van der Waals surface area contributed by atoms with E-state index in [1.807, 2.05) is 24.3 Å². The lowest BCUT2D eigenvalue weighted by Gasteiger charge is -2.05. The zero-order valence-corrected chi connectivity index (χ0v) is 10.1. The van der Waals surface area contributed by atoms with Gasteiger partial charge in [0.2, 0.25) is 0 Å². The fourth-order valence-corrected chi connectivity index (χ4v) is 1.99. The Morgan fingerprint density at radius 3 is 2.83 bits per heavy atom. The highest BCUT2D eigenvalue weighted by Gasteiger charge is 2.07. The summed E-state index contributed by atoms with van der Waals surface area (Å²) in [7, 11) is 0. The molecule has 0 saturated carbocycles. The highest BCUT2D eigenvalue weighted by Crippen LogP contribution is 2.31. The third kappa shape index (κ3) is 1.89. The molecular formula is C14H9ClN2O. The van der Waals surface area contributed by atoms with Crippen molar-refractivity contribution in [2.75, 3.05) is 0 Å². The van der Waals surface area contributed by atoms with Crippen LogP contribution in [-0.4, -0.2) is 15.1 Å². The molecule has 1 N–H and O–H groups in total. The van der Waals surface area contributed by atoms with Crippen molar-refractivity contribution < 1.29 is 5.11 Å². The van der Waals surface area contributed by atoms with Gasteiger partial charge in [-0.3, -0.25) is 0 Å². The van der Waals surface area contributed by atoms with Crippen LogP contribution >= 0.6 is 11.6 Å². The molecule has 0 atom stereocenters. The number of rotatable bonds is 1. The summed E-state index contributed by atoms with van der Waals surface area (Å²) in [6.45, 7) is 0. The van der Waals surface area contributed by atoms with Crippen LogP contribution in [0.5, 0.6) is 5.75 Å². The maximum absolute atomic E-state index is 9.84. The predicted octanol–water partition coefficient (Wildman–Crippen LogP) is 3.66. The van der Waals surface area contributed by atoms with Crippen LogP contribution in [-0.2, 0) is 0 Å². The molecule has 0 fully saturated rings. The number of hydrogen-bond donors (Lipinski definition) is 1. The van der Waals surface area contributed by atoms with E-state index in [0.29, 0.717) is 21.9 Å². The Kier molecular flexibility index (Phi) is 2.61. The van der Waals surface area contributed by atoms with E-state index in [0.717, 1.165) is 5.39 Å². The van der Waals surface area contributed by atoms with Crippen molar-refractivity contribution in [3.63, 3.8) is 0 Å². The lowest BCUT2D eigenvalue weighted by Crippen LogP contribution is -1.88. The Hall–Kier alpha value is -2.13. The summed E-state index contributed by atoms with van der Waals surface area (Å²) < 4.78 is 0. The van der Waals surface area contributed by atoms with Gasteiger partial charge in [0.15, 0.2) is 5.65 Å². The molecule has 0 unspecified atom stereocenters. The average Bonchev–Trinajstić information content (AvgIpc) is 2.41. The molecule has 3 nitrogen and oxygen atoms in total. The van der Waals surface area contributed by atoms with Gasteiger partial charge in [-0.2, -0.15) is 0 Å². The quantitative estimate of drug-likeness (QED) is 0.723. The minimum absolute atomic E-state index is 0.155. The molecule has 0 aliphatic rings. The fraction of sp³-hybridized carbons (Fsp3) is 0. The van der Waals surface area contributed by atoms with Gasteiger partial charge in [0.1, 0.15) is 5.75 Å². The molecular weight excluding hydrogens is 248 g/mol. The van der Waals surface area contributed by atoms with Crippen molar-refractivity contribution in [3.05, 3.63) is 53.7 Å². The van der Waals surface area contributed by atoms with Crippen molar-refractivity contribution in [1.82, 2.24) is 9.97 Å². The number of phenols is 1. The van der Waals surface area contributed by atoms with Crippen molar-refractivity contribution in [2.45, 2.75) is 0 Å². The van der Waals surface area contributed by atoms with Gasteiger partial charge in [0, 0.05) is 22.2 Å². The number of nitrogens with zero attached hydrogens (tertiary/aromatic N) is 2. The molecule has 0 amide bonds. The minimum atomic E-state index is 0.155. The zero-order valence-electron chi connectivity index (χ0n) is 9.34. The second kappa shape index (κ2) is 4.27.